The van der Waals surface area contributed by atoms with Crippen molar-refractivity contribution in [1.29, 1.82) is 0 Å². The second-order valence-electron chi connectivity index (χ2n) is 13.6. The van der Waals surface area contributed by atoms with E-state index in [4.69, 9.17) is 15.1 Å². The number of hydrogen-bond acceptors (Lipinski definition) is 13. The van der Waals surface area contributed by atoms with E-state index in [9.17, 15) is 27.6 Å². The van der Waals surface area contributed by atoms with E-state index < -0.39 is 11.9 Å². The third kappa shape index (κ3) is 20.5. The van der Waals surface area contributed by atoms with E-state index in [1.165, 1.54) is 54.5 Å². The minimum absolute atomic E-state index is 0. The van der Waals surface area contributed by atoms with Crippen LogP contribution in [0.15, 0.2) is 128 Å². The average molecular weight is 1060 g/mol. The molecule has 0 radical (unpaired) electrons. The molecule has 69 heavy (non-hydrogen) atoms. The Balaban J connectivity index is 0.000000352. The van der Waals surface area contributed by atoms with Crippen LogP contribution in [-0.4, -0.2) is 49.6 Å². The fraction of sp³-hybridized carbons (Fsp3) is 0.140. The summed E-state index contributed by atoms with van der Waals surface area (Å²) < 4.78 is 51.8. The number of rotatable bonds is 21. The van der Waals surface area contributed by atoms with Gasteiger partial charge in [-0.25, -0.2) is 4.98 Å². The number of pyridine rings is 4. The Morgan fingerprint density at radius 1 is 0.652 bits per heavy atom. The Kier molecular flexibility index (Phi) is 25.5. The maximum Gasteiger partial charge on any atom is 2.00 e. The zero-order chi connectivity index (χ0) is 48.8. The maximum absolute atomic E-state index is 12.7. The van der Waals surface area contributed by atoms with Crippen LogP contribution >= 0.6 is 23.6 Å². The Bertz CT molecular complexity index is 2690. The molecule has 6 aromatic heterocycles. The molecule has 0 aliphatic rings. The van der Waals surface area contributed by atoms with E-state index in [2.05, 4.69) is 65.9 Å². The smallest absolute Gasteiger partial charge is 0.753 e. The van der Waals surface area contributed by atoms with Crippen LogP contribution in [0.2, 0.25) is 0 Å². The fourth-order valence-electron chi connectivity index (χ4n) is 5.79. The van der Waals surface area contributed by atoms with Gasteiger partial charge in [-0.3, -0.25) is 29.3 Å². The number of nitrogens with zero attached hydrogens (tertiary/aromatic N) is 7. The second kappa shape index (κ2) is 31.5. The van der Waals surface area contributed by atoms with Crippen molar-refractivity contribution in [3.05, 3.63) is 172 Å². The molecule has 0 aliphatic heterocycles. The van der Waals surface area contributed by atoms with Gasteiger partial charge in [-0.1, -0.05) is 74.5 Å². The van der Waals surface area contributed by atoms with Crippen molar-refractivity contribution in [2.75, 3.05) is 0 Å². The Morgan fingerprint density at radius 3 is 1.71 bits per heavy atom. The van der Waals surface area contributed by atoms with Gasteiger partial charge in [0.15, 0.2) is 0 Å². The minimum atomic E-state index is -4.50. The van der Waals surface area contributed by atoms with E-state index in [1.807, 2.05) is 60.7 Å². The Labute approximate surface area is 418 Å². The van der Waals surface area contributed by atoms with Crippen LogP contribution in [-0.2, 0) is 60.7 Å². The molecule has 0 spiro atoms. The zero-order valence-electron chi connectivity index (χ0n) is 36.7. The number of carbonyl (C=O) groups is 3. The van der Waals surface area contributed by atoms with Gasteiger partial charge in [0.2, 0.25) is 0 Å². The first-order chi connectivity index (χ1) is 33.1. The molecule has 6 rings (SSSR count). The van der Waals surface area contributed by atoms with Gasteiger partial charge in [0.1, 0.15) is 5.69 Å². The molecule has 6 heterocycles. The first-order valence-electron chi connectivity index (χ1n) is 20.5. The van der Waals surface area contributed by atoms with Gasteiger partial charge in [0.05, 0.1) is 41.6 Å². The van der Waals surface area contributed by atoms with Gasteiger partial charge < -0.3 is 29.8 Å². The van der Waals surface area contributed by atoms with E-state index >= 15 is 0 Å². The van der Waals surface area contributed by atoms with Crippen LogP contribution in [0.5, 0.6) is 0 Å². The quantitative estimate of drug-likeness (QED) is 0.00972. The monoisotopic (exact) mass is 1060 g/mol. The van der Waals surface area contributed by atoms with Crippen LogP contribution in [0.25, 0.3) is 70.0 Å². The Morgan fingerprint density at radius 2 is 1.17 bits per heavy atom. The molecule has 0 amide bonds. The van der Waals surface area contributed by atoms with E-state index in [0.717, 1.165) is 39.6 Å². The number of allylic oxidation sites excluding steroid dienone is 4. The summed E-state index contributed by atoms with van der Waals surface area (Å²) in [4.78, 5) is 51.3. The summed E-state index contributed by atoms with van der Waals surface area (Å²) in [5.74, 6) is 0. The normalized spacial score (nSPS) is 11.2. The number of unbranched alkanes of at least 4 members (excludes halogenated alkanes) is 3. The van der Waals surface area contributed by atoms with Crippen molar-refractivity contribution in [2.45, 2.75) is 45.2 Å². The first-order valence-corrected chi connectivity index (χ1v) is 21.7. The van der Waals surface area contributed by atoms with Crippen LogP contribution in [0.3, 0.4) is 0 Å². The second-order valence-corrected chi connectivity index (χ2v) is 15.0. The standard InChI is InChI=1S/C28H21N3O6.C21H21F3N3S.CNS.Ru/c32-19-35-12-3-1-5-22-7-10-29-25(15-22)27-17-24(9-14-37-21-34)18-28(31-27)26-16-23(8-11-30-26)6-2-4-13-36-20-33;1-2-3-4-5-6-16-9-10-17(28-16)8-7-15-11-12-25-18(13-15)19-14-20(27-26-19)21(22,23)24;2-1-3;/h1-21H;7-14H,2-6H2,1H3;;/q;2*-1;+2/b5-1+,6-2+,12-3+,13-4+,14-9+;8-7+;;. The van der Waals surface area contributed by atoms with Crippen molar-refractivity contribution in [3.8, 4) is 34.2 Å². The zero-order valence-corrected chi connectivity index (χ0v) is 40.0. The van der Waals surface area contributed by atoms with Gasteiger partial charge in [-0.15, -0.1) is 11.3 Å². The number of aromatic nitrogens is 6. The molecular formula is C50H42F3N7O6RuS2. The predicted octanol–water partition coefficient (Wildman–Crippen LogP) is 11.9. The van der Waals surface area contributed by atoms with Crippen LogP contribution in [0.1, 0.15) is 70.3 Å². The number of alkyl halides is 3. The molecule has 0 saturated heterocycles. The van der Waals surface area contributed by atoms with E-state index in [-0.39, 0.29) is 25.2 Å². The number of hydrogen-bond donors (Lipinski definition) is 0. The summed E-state index contributed by atoms with van der Waals surface area (Å²) >= 11 is 5.47. The number of carbonyl (C=O) groups excluding carboxylic acids is 3. The largest absolute Gasteiger partial charge is 2.00 e. The molecule has 0 N–H and O–H groups in total. The summed E-state index contributed by atoms with van der Waals surface area (Å²) in [5, 5.41) is 15.3. The van der Waals surface area contributed by atoms with E-state index in [0.29, 0.717) is 47.9 Å². The molecular weight excluding hydrogens is 1020 g/mol. The van der Waals surface area contributed by atoms with Crippen LogP contribution < -0.4 is 5.10 Å². The van der Waals surface area contributed by atoms with Crippen LogP contribution in [0.4, 0.5) is 13.2 Å². The van der Waals surface area contributed by atoms with Gasteiger partial charge >= 0.3 is 25.7 Å². The predicted molar refractivity (Wildman–Crippen MR) is 260 cm³/mol. The van der Waals surface area contributed by atoms with E-state index in [1.54, 1.807) is 72.4 Å². The molecule has 13 nitrogen and oxygen atoms in total. The molecule has 0 atom stereocenters. The molecule has 0 aromatic carbocycles. The van der Waals surface area contributed by atoms with Crippen LogP contribution in [0, 0.1) is 0 Å². The molecule has 0 aliphatic carbocycles. The SMILES string of the molecule is CCCCCCc1ccc(/C=C/c2ccnc(-c3cc(C(F)(F)F)n[n-]3)c2)s1.O=CO/C=C/C=C/c1ccnc(-c2cc(/C=C/OC=O)cc(-c3cc(/C=C/C=C/OC=O)ccn3)n2)c1.[N-]=C=S.[Ru+2]. The number of ether oxygens (including phenoxy) is 3. The number of isothiocyanates is 1. The summed E-state index contributed by atoms with van der Waals surface area (Å²) in [6.07, 6.45) is 26.1. The molecule has 0 unspecified atom stereocenters. The van der Waals surface area contributed by atoms with Crippen molar-refractivity contribution >= 4 is 78.5 Å². The first kappa shape index (κ1) is 55.9. The maximum atomic E-state index is 12.7. The van der Waals surface area contributed by atoms with Gasteiger partial charge in [-0.05, 0) is 126 Å². The molecule has 19 heteroatoms. The molecule has 6 aromatic rings. The van der Waals surface area contributed by atoms with Crippen molar-refractivity contribution in [3.63, 3.8) is 0 Å². The van der Waals surface area contributed by atoms with Crippen molar-refractivity contribution in [2.24, 2.45) is 0 Å². The van der Waals surface area contributed by atoms with Gasteiger partial charge in [-0.2, -0.15) is 18.3 Å². The topological polar surface area (TPSA) is 180 Å². The van der Waals surface area contributed by atoms with Gasteiger partial charge in [0.25, 0.3) is 19.4 Å². The molecule has 0 bridgehead atoms. The van der Waals surface area contributed by atoms with Crippen molar-refractivity contribution in [1.82, 2.24) is 30.1 Å². The summed E-state index contributed by atoms with van der Waals surface area (Å²) in [5.41, 5.74) is 5.13. The number of thiocarbonyl (C=S) groups is 1. The Hall–Kier alpha value is -7.43. The number of aryl methyl sites for hydroxylation is 1. The number of thiophene rings is 1. The van der Waals surface area contributed by atoms with Crippen molar-refractivity contribution < 1.29 is 61.2 Å². The summed E-state index contributed by atoms with van der Waals surface area (Å²) in [7, 11) is 0. The fourth-order valence-corrected chi connectivity index (χ4v) is 6.75. The third-order valence-electron chi connectivity index (χ3n) is 8.84. The van der Waals surface area contributed by atoms with Gasteiger partial charge in [0, 0.05) is 34.0 Å². The molecule has 0 fully saturated rings. The summed E-state index contributed by atoms with van der Waals surface area (Å²) in [6.45, 7) is 3.21. The average Bonchev–Trinajstić information content (AvgIpc) is 4.04. The molecule has 354 valence electrons. The minimum Gasteiger partial charge on any atom is -0.753 e. The molecule has 0 saturated carbocycles. The summed E-state index contributed by atoms with van der Waals surface area (Å²) in [6, 6.07) is 19.7. The third-order valence-corrected chi connectivity index (χ3v) is 9.95. The number of halogens is 3.